The quantitative estimate of drug-likeness (QED) is 0.804. The third-order valence-corrected chi connectivity index (χ3v) is 5.04. The summed E-state index contributed by atoms with van der Waals surface area (Å²) in [6.45, 7) is 3.33. The van der Waals surface area contributed by atoms with Gasteiger partial charge in [-0.15, -0.1) is 10.2 Å². The molecular formula is C17H23N5OS. The number of aromatic nitrogens is 2. The van der Waals surface area contributed by atoms with E-state index in [1.807, 2.05) is 30.3 Å². The monoisotopic (exact) mass is 345 g/mol. The van der Waals surface area contributed by atoms with Crippen molar-refractivity contribution in [3.05, 3.63) is 40.9 Å². The molecule has 1 aromatic heterocycles. The summed E-state index contributed by atoms with van der Waals surface area (Å²) in [6.07, 6.45) is 3.96. The maximum absolute atomic E-state index is 12.4. The van der Waals surface area contributed by atoms with Crippen LogP contribution in [0.2, 0.25) is 0 Å². The topological polar surface area (TPSA) is 84.1 Å². The number of carbonyl (C=O) groups is 1. The van der Waals surface area contributed by atoms with Crippen LogP contribution < -0.4 is 11.1 Å². The van der Waals surface area contributed by atoms with Crippen LogP contribution in [0.4, 0.5) is 5.13 Å². The van der Waals surface area contributed by atoms with Crippen LogP contribution in [0, 0.1) is 0 Å². The zero-order valence-corrected chi connectivity index (χ0v) is 14.5. The van der Waals surface area contributed by atoms with Gasteiger partial charge in [0.15, 0.2) is 0 Å². The molecule has 1 saturated heterocycles. The number of benzene rings is 1. The van der Waals surface area contributed by atoms with Crippen LogP contribution in [0.15, 0.2) is 30.3 Å². The van der Waals surface area contributed by atoms with Crippen LogP contribution in [0.1, 0.15) is 42.3 Å². The van der Waals surface area contributed by atoms with Crippen LogP contribution >= 0.6 is 11.3 Å². The van der Waals surface area contributed by atoms with Gasteiger partial charge in [-0.2, -0.15) is 0 Å². The molecular weight excluding hydrogens is 322 g/mol. The number of likely N-dealkylation sites (tertiary alicyclic amines) is 1. The van der Waals surface area contributed by atoms with E-state index < -0.39 is 0 Å². The van der Waals surface area contributed by atoms with E-state index in [1.54, 1.807) is 0 Å². The Bertz CT molecular complexity index is 654. The number of amides is 1. The van der Waals surface area contributed by atoms with Gasteiger partial charge in [-0.25, -0.2) is 0 Å². The van der Waals surface area contributed by atoms with Crippen molar-refractivity contribution in [2.75, 3.05) is 25.4 Å². The second-order valence-corrected chi connectivity index (χ2v) is 7.08. The molecule has 6 nitrogen and oxygen atoms in total. The number of hydrogen-bond donors (Lipinski definition) is 2. The first-order valence-corrected chi connectivity index (χ1v) is 9.19. The molecule has 0 saturated carbocycles. The van der Waals surface area contributed by atoms with E-state index in [2.05, 4.69) is 20.4 Å². The Morgan fingerprint density at radius 2 is 2.00 bits per heavy atom. The standard InChI is InChI=1S/C17H23N5OS/c18-17-21-20-16(24-17)15(13-7-2-1-3-8-13)19-14(23)9-6-12-22-10-4-5-11-22/h1-3,7-8,15H,4-6,9-12H2,(H2,18,21)(H,19,23)/t15-/m1/s1. The highest BCUT2D eigenvalue weighted by atomic mass is 32.1. The maximum Gasteiger partial charge on any atom is 0.220 e. The predicted octanol–water partition coefficient (Wildman–Crippen LogP) is 2.20. The van der Waals surface area contributed by atoms with Gasteiger partial charge in [0.1, 0.15) is 11.0 Å². The Labute approximate surface area is 146 Å². The van der Waals surface area contributed by atoms with Gasteiger partial charge in [0.05, 0.1) is 0 Å². The van der Waals surface area contributed by atoms with Crippen molar-refractivity contribution in [1.29, 1.82) is 0 Å². The third kappa shape index (κ3) is 4.52. The van der Waals surface area contributed by atoms with E-state index >= 15 is 0 Å². The number of nitrogens with two attached hydrogens (primary N) is 1. The Kier molecular flexibility index (Phi) is 5.77. The summed E-state index contributed by atoms with van der Waals surface area (Å²) in [4.78, 5) is 14.8. The first-order chi connectivity index (χ1) is 11.7. The summed E-state index contributed by atoms with van der Waals surface area (Å²) in [6, 6.07) is 9.52. The SMILES string of the molecule is Nc1nnc([C@H](NC(=O)CCCN2CCCC2)c2ccccc2)s1. The molecule has 2 aromatic rings. The molecule has 1 amide bonds. The van der Waals surface area contributed by atoms with E-state index in [0.29, 0.717) is 16.6 Å². The number of carbonyl (C=O) groups excluding carboxylic acids is 1. The smallest absolute Gasteiger partial charge is 0.220 e. The molecule has 7 heteroatoms. The molecule has 1 aliphatic heterocycles. The van der Waals surface area contributed by atoms with E-state index in [4.69, 9.17) is 5.73 Å². The lowest BCUT2D eigenvalue weighted by molar-refractivity contribution is -0.121. The summed E-state index contributed by atoms with van der Waals surface area (Å²) in [7, 11) is 0. The molecule has 0 spiro atoms. The Morgan fingerprint density at radius 1 is 1.25 bits per heavy atom. The lowest BCUT2D eigenvalue weighted by Gasteiger charge is -2.18. The minimum absolute atomic E-state index is 0.0387. The van der Waals surface area contributed by atoms with Gasteiger partial charge >= 0.3 is 0 Å². The minimum Gasteiger partial charge on any atom is -0.374 e. The number of hydrogen-bond acceptors (Lipinski definition) is 6. The average Bonchev–Trinajstić information content (AvgIpc) is 3.25. The van der Waals surface area contributed by atoms with E-state index in [1.165, 1.54) is 37.3 Å². The molecule has 3 N–H and O–H groups in total. The molecule has 1 aromatic carbocycles. The summed E-state index contributed by atoms with van der Waals surface area (Å²) < 4.78 is 0. The molecule has 128 valence electrons. The summed E-state index contributed by atoms with van der Waals surface area (Å²) in [5, 5.41) is 12.2. The van der Waals surface area contributed by atoms with Crippen molar-refractivity contribution in [3.8, 4) is 0 Å². The number of nitrogen functional groups attached to an aromatic ring is 1. The molecule has 0 bridgehead atoms. The van der Waals surface area contributed by atoms with Crippen molar-refractivity contribution in [1.82, 2.24) is 20.4 Å². The molecule has 3 rings (SSSR count). The largest absolute Gasteiger partial charge is 0.374 e. The third-order valence-electron chi connectivity index (χ3n) is 4.22. The summed E-state index contributed by atoms with van der Waals surface area (Å²) in [5.41, 5.74) is 6.69. The first-order valence-electron chi connectivity index (χ1n) is 8.38. The zero-order chi connectivity index (χ0) is 16.8. The highest BCUT2D eigenvalue weighted by Crippen LogP contribution is 2.26. The van der Waals surface area contributed by atoms with Crippen molar-refractivity contribution in [3.63, 3.8) is 0 Å². The lowest BCUT2D eigenvalue weighted by Crippen LogP contribution is -2.30. The van der Waals surface area contributed by atoms with Crippen molar-refractivity contribution in [2.45, 2.75) is 31.7 Å². The Morgan fingerprint density at radius 3 is 2.67 bits per heavy atom. The predicted molar refractivity (Wildman–Crippen MR) is 95.7 cm³/mol. The Hall–Kier alpha value is -1.99. The van der Waals surface area contributed by atoms with Crippen molar-refractivity contribution in [2.24, 2.45) is 0 Å². The van der Waals surface area contributed by atoms with Crippen LogP contribution in [0.25, 0.3) is 0 Å². The number of nitrogens with one attached hydrogen (secondary N) is 1. The van der Waals surface area contributed by atoms with Gasteiger partial charge in [0.25, 0.3) is 0 Å². The molecule has 24 heavy (non-hydrogen) atoms. The molecule has 0 radical (unpaired) electrons. The van der Waals surface area contributed by atoms with Crippen LogP contribution in [-0.4, -0.2) is 40.6 Å². The van der Waals surface area contributed by atoms with Gasteiger partial charge < -0.3 is 16.0 Å². The fraction of sp³-hybridized carbons (Fsp3) is 0.471. The molecule has 2 heterocycles. The van der Waals surface area contributed by atoms with Gasteiger partial charge in [-0.3, -0.25) is 4.79 Å². The molecule has 0 unspecified atom stereocenters. The molecule has 1 aliphatic rings. The highest BCUT2D eigenvalue weighted by molar-refractivity contribution is 7.15. The maximum atomic E-state index is 12.4. The first kappa shape index (κ1) is 16.9. The zero-order valence-electron chi connectivity index (χ0n) is 13.6. The van der Waals surface area contributed by atoms with Crippen molar-refractivity contribution < 1.29 is 4.79 Å². The highest BCUT2D eigenvalue weighted by Gasteiger charge is 2.21. The fourth-order valence-corrected chi connectivity index (χ4v) is 3.69. The summed E-state index contributed by atoms with van der Waals surface area (Å²) in [5.74, 6) is 0.0387. The van der Waals surface area contributed by atoms with Crippen LogP contribution in [0.5, 0.6) is 0 Å². The normalized spacial score (nSPS) is 16.2. The molecule has 0 aliphatic carbocycles. The number of anilines is 1. The lowest BCUT2D eigenvalue weighted by atomic mass is 10.1. The Balaban J connectivity index is 1.60. The number of nitrogens with zero attached hydrogens (tertiary/aromatic N) is 3. The van der Waals surface area contributed by atoms with E-state index in [9.17, 15) is 4.79 Å². The van der Waals surface area contributed by atoms with Gasteiger partial charge in [0, 0.05) is 6.42 Å². The van der Waals surface area contributed by atoms with Crippen molar-refractivity contribution >= 4 is 22.4 Å². The second kappa shape index (κ2) is 8.21. The van der Waals surface area contributed by atoms with Gasteiger partial charge in [-0.05, 0) is 44.5 Å². The second-order valence-electron chi connectivity index (χ2n) is 6.04. The molecule has 1 fully saturated rings. The average molecular weight is 345 g/mol. The van der Waals surface area contributed by atoms with Crippen LogP contribution in [0.3, 0.4) is 0 Å². The molecule has 1 atom stereocenters. The number of rotatable bonds is 7. The van der Waals surface area contributed by atoms with Gasteiger partial charge in [0.2, 0.25) is 11.0 Å². The summed E-state index contributed by atoms with van der Waals surface area (Å²) >= 11 is 1.31. The minimum atomic E-state index is -0.291. The van der Waals surface area contributed by atoms with E-state index in [-0.39, 0.29) is 11.9 Å². The van der Waals surface area contributed by atoms with E-state index in [0.717, 1.165) is 18.5 Å². The fourth-order valence-electron chi connectivity index (χ4n) is 3.00. The van der Waals surface area contributed by atoms with Crippen LogP contribution in [-0.2, 0) is 4.79 Å². The van der Waals surface area contributed by atoms with Gasteiger partial charge in [-0.1, -0.05) is 41.7 Å².